The molecule has 88 valence electrons. The van der Waals surface area contributed by atoms with Crippen molar-refractivity contribution in [1.82, 2.24) is 15.0 Å². The van der Waals surface area contributed by atoms with Gasteiger partial charge in [0, 0.05) is 5.39 Å². The first-order valence-electron chi connectivity index (χ1n) is 5.50. The molecule has 0 amide bonds. The van der Waals surface area contributed by atoms with E-state index in [0.29, 0.717) is 11.6 Å². The molecule has 18 heavy (non-hydrogen) atoms. The third kappa shape index (κ3) is 2.06. The molecule has 0 aliphatic heterocycles. The zero-order chi connectivity index (χ0) is 12.4. The van der Waals surface area contributed by atoms with Gasteiger partial charge in [-0.3, -0.25) is 9.97 Å². The smallest absolute Gasteiger partial charge is 0.151 e. The second kappa shape index (κ2) is 4.29. The third-order valence-electron chi connectivity index (χ3n) is 2.52. The van der Waals surface area contributed by atoms with Crippen molar-refractivity contribution in [3.8, 4) is 0 Å². The molecule has 5 heteroatoms. The van der Waals surface area contributed by atoms with Gasteiger partial charge < -0.3 is 11.1 Å². The van der Waals surface area contributed by atoms with Crippen LogP contribution in [0.4, 0.5) is 17.3 Å². The first-order chi connectivity index (χ1) is 8.81. The molecule has 0 aliphatic rings. The van der Waals surface area contributed by atoms with Crippen molar-refractivity contribution in [3.05, 3.63) is 48.9 Å². The van der Waals surface area contributed by atoms with Gasteiger partial charge in [0.25, 0.3) is 0 Å². The summed E-state index contributed by atoms with van der Waals surface area (Å²) in [6.07, 6.45) is 4.88. The Morgan fingerprint density at radius 2 is 1.94 bits per heavy atom. The lowest BCUT2D eigenvalue weighted by molar-refractivity contribution is 1.20. The number of hydrogen-bond acceptors (Lipinski definition) is 5. The Kier molecular flexibility index (Phi) is 2.49. The second-order valence-corrected chi connectivity index (χ2v) is 3.87. The van der Waals surface area contributed by atoms with E-state index in [1.165, 1.54) is 6.20 Å². The SMILES string of the molecule is Nc1cncc(Nc2cnc3ccccc3c2)n1. The van der Waals surface area contributed by atoms with Crippen LogP contribution in [-0.4, -0.2) is 15.0 Å². The lowest BCUT2D eigenvalue weighted by Crippen LogP contribution is -1.98. The summed E-state index contributed by atoms with van der Waals surface area (Å²) in [5.41, 5.74) is 7.39. The summed E-state index contributed by atoms with van der Waals surface area (Å²) >= 11 is 0. The number of nitrogens with zero attached hydrogens (tertiary/aromatic N) is 3. The van der Waals surface area contributed by atoms with Gasteiger partial charge in [0.05, 0.1) is 29.8 Å². The Hall–Kier alpha value is -2.69. The molecule has 3 aromatic rings. The molecule has 0 radical (unpaired) electrons. The number of aromatic nitrogens is 3. The van der Waals surface area contributed by atoms with Crippen LogP contribution in [0, 0.1) is 0 Å². The van der Waals surface area contributed by atoms with E-state index in [4.69, 9.17) is 5.73 Å². The number of nitrogen functional groups attached to an aromatic ring is 1. The highest BCUT2D eigenvalue weighted by molar-refractivity contribution is 5.82. The predicted octanol–water partition coefficient (Wildman–Crippen LogP) is 2.35. The summed E-state index contributed by atoms with van der Waals surface area (Å²) in [7, 11) is 0. The maximum atomic E-state index is 5.57. The Balaban J connectivity index is 1.95. The van der Waals surface area contributed by atoms with Gasteiger partial charge in [-0.2, -0.15) is 0 Å². The summed E-state index contributed by atoms with van der Waals surface area (Å²) in [6, 6.07) is 9.94. The van der Waals surface area contributed by atoms with E-state index in [9.17, 15) is 0 Å². The minimum Gasteiger partial charge on any atom is -0.382 e. The number of nitrogens with two attached hydrogens (primary N) is 1. The topological polar surface area (TPSA) is 76.7 Å². The molecule has 0 saturated heterocycles. The molecule has 0 atom stereocenters. The van der Waals surface area contributed by atoms with Crippen LogP contribution >= 0.6 is 0 Å². The van der Waals surface area contributed by atoms with Crippen LogP contribution in [0.1, 0.15) is 0 Å². The molecule has 0 aliphatic carbocycles. The van der Waals surface area contributed by atoms with Gasteiger partial charge in [-0.05, 0) is 12.1 Å². The molecule has 2 aromatic heterocycles. The molecule has 3 rings (SSSR count). The van der Waals surface area contributed by atoms with E-state index in [1.807, 2.05) is 30.3 Å². The van der Waals surface area contributed by atoms with Crippen molar-refractivity contribution in [3.63, 3.8) is 0 Å². The number of fused-ring (bicyclic) bond motifs is 1. The standard InChI is InChI=1S/C13H11N5/c14-12-7-15-8-13(18-12)17-10-5-9-3-1-2-4-11(9)16-6-10/h1-8H,(H3,14,17,18). The maximum absolute atomic E-state index is 5.57. The van der Waals surface area contributed by atoms with E-state index in [1.54, 1.807) is 12.4 Å². The average Bonchev–Trinajstić information content (AvgIpc) is 2.39. The van der Waals surface area contributed by atoms with Gasteiger partial charge in [0.15, 0.2) is 5.82 Å². The molecule has 3 N–H and O–H groups in total. The fourth-order valence-electron chi connectivity index (χ4n) is 1.73. The Morgan fingerprint density at radius 3 is 2.83 bits per heavy atom. The second-order valence-electron chi connectivity index (χ2n) is 3.87. The Morgan fingerprint density at radius 1 is 1.06 bits per heavy atom. The van der Waals surface area contributed by atoms with Crippen LogP contribution in [0.3, 0.4) is 0 Å². The van der Waals surface area contributed by atoms with Gasteiger partial charge in [-0.1, -0.05) is 18.2 Å². The highest BCUT2D eigenvalue weighted by Crippen LogP contribution is 2.19. The molecule has 1 aromatic carbocycles. The number of para-hydroxylation sites is 1. The number of nitrogens with one attached hydrogen (secondary N) is 1. The first-order valence-corrected chi connectivity index (χ1v) is 5.50. The number of rotatable bonds is 2. The number of hydrogen-bond donors (Lipinski definition) is 2. The van der Waals surface area contributed by atoms with Crippen molar-refractivity contribution in [2.45, 2.75) is 0 Å². The van der Waals surface area contributed by atoms with Crippen LogP contribution in [0.5, 0.6) is 0 Å². The van der Waals surface area contributed by atoms with Crippen LogP contribution < -0.4 is 11.1 Å². The lowest BCUT2D eigenvalue weighted by atomic mass is 10.2. The van der Waals surface area contributed by atoms with E-state index in [-0.39, 0.29) is 0 Å². The minimum absolute atomic E-state index is 0.383. The van der Waals surface area contributed by atoms with E-state index < -0.39 is 0 Å². The van der Waals surface area contributed by atoms with E-state index in [2.05, 4.69) is 20.3 Å². The van der Waals surface area contributed by atoms with E-state index in [0.717, 1.165) is 16.6 Å². The molecule has 0 bridgehead atoms. The highest BCUT2D eigenvalue weighted by atomic mass is 15.0. The lowest BCUT2D eigenvalue weighted by Gasteiger charge is -2.06. The molecule has 0 unspecified atom stereocenters. The molecule has 5 nitrogen and oxygen atoms in total. The van der Waals surface area contributed by atoms with Gasteiger partial charge in [0.1, 0.15) is 5.82 Å². The molecule has 2 heterocycles. The minimum atomic E-state index is 0.383. The van der Waals surface area contributed by atoms with Crippen molar-refractivity contribution < 1.29 is 0 Å². The molecular formula is C13H11N5. The maximum Gasteiger partial charge on any atom is 0.151 e. The largest absolute Gasteiger partial charge is 0.382 e. The fourth-order valence-corrected chi connectivity index (χ4v) is 1.73. The van der Waals surface area contributed by atoms with Crippen LogP contribution in [-0.2, 0) is 0 Å². The summed E-state index contributed by atoms with van der Waals surface area (Å²) in [4.78, 5) is 12.5. The zero-order valence-electron chi connectivity index (χ0n) is 9.54. The van der Waals surface area contributed by atoms with E-state index >= 15 is 0 Å². The van der Waals surface area contributed by atoms with Crippen LogP contribution in [0.25, 0.3) is 10.9 Å². The van der Waals surface area contributed by atoms with Gasteiger partial charge in [0.2, 0.25) is 0 Å². The predicted molar refractivity (Wildman–Crippen MR) is 71.5 cm³/mol. The summed E-state index contributed by atoms with van der Waals surface area (Å²) < 4.78 is 0. The van der Waals surface area contributed by atoms with Crippen LogP contribution in [0.15, 0.2) is 48.9 Å². The number of pyridine rings is 1. The number of anilines is 3. The summed E-state index contributed by atoms with van der Waals surface area (Å²) in [6.45, 7) is 0. The third-order valence-corrected chi connectivity index (χ3v) is 2.52. The van der Waals surface area contributed by atoms with Crippen molar-refractivity contribution in [2.75, 3.05) is 11.1 Å². The quantitative estimate of drug-likeness (QED) is 0.715. The van der Waals surface area contributed by atoms with Gasteiger partial charge in [-0.15, -0.1) is 0 Å². The molecule has 0 saturated carbocycles. The molecule has 0 fully saturated rings. The zero-order valence-corrected chi connectivity index (χ0v) is 9.54. The number of benzene rings is 1. The van der Waals surface area contributed by atoms with Gasteiger partial charge >= 0.3 is 0 Å². The average molecular weight is 237 g/mol. The molecule has 0 spiro atoms. The Labute approximate surface area is 104 Å². The fraction of sp³-hybridized carbons (Fsp3) is 0. The summed E-state index contributed by atoms with van der Waals surface area (Å²) in [5, 5.41) is 4.19. The van der Waals surface area contributed by atoms with Crippen molar-refractivity contribution >= 4 is 28.2 Å². The Bertz CT molecular complexity index is 696. The van der Waals surface area contributed by atoms with Crippen LogP contribution in [0.2, 0.25) is 0 Å². The van der Waals surface area contributed by atoms with Gasteiger partial charge in [-0.25, -0.2) is 4.98 Å². The summed E-state index contributed by atoms with van der Waals surface area (Å²) in [5.74, 6) is 0.987. The first kappa shape index (κ1) is 10.5. The van der Waals surface area contributed by atoms with Crippen molar-refractivity contribution in [1.29, 1.82) is 0 Å². The molecular weight excluding hydrogens is 226 g/mol. The monoisotopic (exact) mass is 237 g/mol. The normalized spacial score (nSPS) is 10.4. The highest BCUT2D eigenvalue weighted by Gasteiger charge is 1.99. The van der Waals surface area contributed by atoms with Crippen molar-refractivity contribution in [2.24, 2.45) is 0 Å².